The summed E-state index contributed by atoms with van der Waals surface area (Å²) in [5.74, 6) is 14.8. The Balaban J connectivity index is -0.00000257. The number of hydrogen-bond acceptors (Lipinski definition) is 6. The number of carbonyl (C=O) groups excluding carboxylic acids is 2. The van der Waals surface area contributed by atoms with Crippen LogP contribution in [0.15, 0.2) is 24.3 Å². The lowest BCUT2D eigenvalue weighted by atomic mass is 9.79. The Morgan fingerprint density at radius 1 is 0.469 bits per heavy atom. The maximum atomic E-state index is 11.9. The van der Waals surface area contributed by atoms with Crippen LogP contribution in [0.5, 0.6) is 5.75 Å². The zero-order chi connectivity index (χ0) is 42.5. The van der Waals surface area contributed by atoms with Crippen molar-refractivity contribution in [3.63, 3.8) is 0 Å². The van der Waals surface area contributed by atoms with E-state index < -0.39 is 11.9 Å². The third-order valence-corrected chi connectivity index (χ3v) is 12.5. The fourth-order valence-electron chi connectivity index (χ4n) is 7.87. The Bertz CT molecular complexity index is 2170. The fourth-order valence-corrected chi connectivity index (χ4v) is 7.87. The van der Waals surface area contributed by atoms with Crippen LogP contribution in [0.4, 0.5) is 0 Å². The van der Waals surface area contributed by atoms with Gasteiger partial charge in [-0.05, 0) is 207 Å². The van der Waals surface area contributed by atoms with Gasteiger partial charge < -0.3 is 18.9 Å². The molecule has 3 aromatic carbocycles. The lowest BCUT2D eigenvalue weighted by Crippen LogP contribution is -2.25. The van der Waals surface area contributed by atoms with E-state index in [1.54, 1.807) is 13.8 Å². The first-order chi connectivity index (χ1) is 26.8. The molecule has 0 spiro atoms. The molecule has 0 aliphatic heterocycles. The Morgan fingerprint density at radius 3 is 1.09 bits per heavy atom. The standard InChI is InChI=1S/C51H62O6.7CH4/c1-28(2)50(52)56-26-54-43-19-17-42(18-20-43)25-48-36(11)34(9)46(35(10)37(48)12)22-21-44-30(5)32(7)45(33(8)31(44)6)23-24-47-38(13)40(15)49(41(16)39(47)14)55-27-57-51(53)29(3)4;;;;;;;/h42-43H,1,3,17-20,25-27H2,2,4-16H3;7*1H4. The van der Waals surface area contributed by atoms with Crippen molar-refractivity contribution in [1.82, 2.24) is 0 Å². The van der Waals surface area contributed by atoms with Crippen LogP contribution in [0.1, 0.15) is 186 Å². The van der Waals surface area contributed by atoms with Gasteiger partial charge in [0.1, 0.15) is 5.75 Å². The van der Waals surface area contributed by atoms with Gasteiger partial charge in [0, 0.05) is 33.4 Å². The monoisotopic (exact) mass is 883 g/mol. The van der Waals surface area contributed by atoms with E-state index in [2.05, 4.69) is 106 Å². The SMILES string of the molecule is C.C.C.C.C.C.C.C=C(C)C(=O)OCOc1c(C)c(C)c(C#Cc2c(C)c(C)c(C#Cc3c(C)c(C)c(CC4CCC(OCOC(=O)C(=C)C)CC4)c(C)c3C)c(C)c2C)c(C)c1C. The highest BCUT2D eigenvalue weighted by molar-refractivity contribution is 5.87. The van der Waals surface area contributed by atoms with Crippen molar-refractivity contribution in [2.24, 2.45) is 5.92 Å². The van der Waals surface area contributed by atoms with Crippen molar-refractivity contribution in [3.8, 4) is 29.4 Å². The van der Waals surface area contributed by atoms with E-state index in [4.69, 9.17) is 18.9 Å². The molecule has 64 heavy (non-hydrogen) atoms. The van der Waals surface area contributed by atoms with Crippen LogP contribution in [-0.4, -0.2) is 31.6 Å². The summed E-state index contributed by atoms with van der Waals surface area (Å²) < 4.78 is 22.1. The van der Waals surface area contributed by atoms with Gasteiger partial charge in [0.25, 0.3) is 0 Å². The van der Waals surface area contributed by atoms with Gasteiger partial charge in [0.05, 0.1) is 6.10 Å². The predicted molar refractivity (Wildman–Crippen MR) is 278 cm³/mol. The van der Waals surface area contributed by atoms with Crippen LogP contribution in [0.3, 0.4) is 0 Å². The lowest BCUT2D eigenvalue weighted by Gasteiger charge is -2.30. The fraction of sp³-hybridized carbons (Fsp3) is 0.517. The maximum Gasteiger partial charge on any atom is 0.335 e. The minimum atomic E-state index is -0.476. The Hall–Kier alpha value is -5.04. The molecule has 358 valence electrons. The first-order valence-electron chi connectivity index (χ1n) is 20.0. The first kappa shape index (κ1) is 65.6. The highest BCUT2D eigenvalue weighted by atomic mass is 16.7. The van der Waals surface area contributed by atoms with Gasteiger partial charge >= 0.3 is 11.9 Å². The number of carbonyl (C=O) groups is 2. The van der Waals surface area contributed by atoms with Crippen LogP contribution < -0.4 is 4.74 Å². The number of rotatable bonds is 10. The largest absolute Gasteiger partial charge is 0.457 e. The average molecular weight is 883 g/mol. The van der Waals surface area contributed by atoms with Gasteiger partial charge in [0.15, 0.2) is 6.79 Å². The second kappa shape index (κ2) is 28.0. The molecule has 6 nitrogen and oxygen atoms in total. The molecule has 0 radical (unpaired) electrons. The number of esters is 2. The molecule has 3 aromatic rings. The van der Waals surface area contributed by atoms with E-state index in [0.29, 0.717) is 22.8 Å². The van der Waals surface area contributed by atoms with Gasteiger partial charge in [-0.1, -0.05) is 88.8 Å². The topological polar surface area (TPSA) is 71.1 Å². The Kier molecular flexibility index (Phi) is 28.7. The van der Waals surface area contributed by atoms with Crippen molar-refractivity contribution in [1.29, 1.82) is 0 Å². The molecule has 0 saturated heterocycles. The Morgan fingerprint density at radius 2 is 0.766 bits per heavy atom. The van der Waals surface area contributed by atoms with Crippen LogP contribution >= 0.6 is 0 Å². The normalized spacial score (nSPS) is 13.2. The summed E-state index contributed by atoms with van der Waals surface area (Å²) >= 11 is 0. The summed E-state index contributed by atoms with van der Waals surface area (Å²) in [6.07, 6.45) is 5.28. The maximum absolute atomic E-state index is 11.9. The summed E-state index contributed by atoms with van der Waals surface area (Å²) in [7, 11) is 0. The zero-order valence-corrected chi connectivity index (χ0v) is 37.0. The van der Waals surface area contributed by atoms with Crippen molar-refractivity contribution in [2.45, 2.75) is 187 Å². The molecule has 1 fully saturated rings. The number of benzene rings is 3. The van der Waals surface area contributed by atoms with Crippen molar-refractivity contribution in [3.05, 3.63) is 119 Å². The molecular formula is C58H90O6. The smallest absolute Gasteiger partial charge is 0.335 e. The minimum absolute atomic E-state index is 0. The van der Waals surface area contributed by atoms with Gasteiger partial charge in [-0.25, -0.2) is 9.59 Å². The molecule has 1 aliphatic rings. The molecule has 0 atom stereocenters. The molecule has 0 amide bonds. The molecule has 0 aromatic heterocycles. The summed E-state index contributed by atoms with van der Waals surface area (Å²) in [6.45, 7) is 36.0. The molecule has 4 rings (SSSR count). The highest BCUT2D eigenvalue weighted by Gasteiger charge is 2.25. The van der Waals surface area contributed by atoms with Crippen LogP contribution in [0, 0.1) is 113 Å². The van der Waals surface area contributed by atoms with Crippen LogP contribution in [0.2, 0.25) is 0 Å². The minimum Gasteiger partial charge on any atom is -0.457 e. The summed E-state index contributed by atoms with van der Waals surface area (Å²) in [6, 6.07) is 0. The van der Waals surface area contributed by atoms with E-state index >= 15 is 0 Å². The first-order valence-corrected chi connectivity index (χ1v) is 20.0. The second-order valence-electron chi connectivity index (χ2n) is 16.1. The molecule has 6 heteroatoms. The van der Waals surface area contributed by atoms with E-state index in [9.17, 15) is 9.59 Å². The zero-order valence-electron chi connectivity index (χ0n) is 37.0. The van der Waals surface area contributed by atoms with Gasteiger partial charge in [-0.2, -0.15) is 0 Å². The number of ether oxygens (including phenoxy) is 4. The third kappa shape index (κ3) is 14.5. The van der Waals surface area contributed by atoms with E-state index in [0.717, 1.165) is 98.9 Å². The molecular weight excluding hydrogens is 793 g/mol. The Labute approximate surface area is 394 Å². The number of hydrogen-bond donors (Lipinski definition) is 0. The molecule has 0 unspecified atom stereocenters. The van der Waals surface area contributed by atoms with Gasteiger partial charge in [0.2, 0.25) is 6.79 Å². The summed E-state index contributed by atoms with van der Waals surface area (Å²) in [5, 5.41) is 0. The lowest BCUT2D eigenvalue weighted by molar-refractivity contribution is -0.158. The van der Waals surface area contributed by atoms with E-state index in [-0.39, 0.29) is 71.7 Å². The van der Waals surface area contributed by atoms with Gasteiger partial charge in [-0.3, -0.25) is 0 Å². The molecule has 1 saturated carbocycles. The quantitative estimate of drug-likeness (QED) is 0.0874. The van der Waals surface area contributed by atoms with Crippen molar-refractivity contribution < 1.29 is 28.5 Å². The van der Waals surface area contributed by atoms with Crippen LogP contribution in [-0.2, 0) is 30.2 Å². The summed E-state index contributed by atoms with van der Waals surface area (Å²) in [4.78, 5) is 23.5. The highest BCUT2D eigenvalue weighted by Crippen LogP contribution is 2.35. The average Bonchev–Trinajstić information content (AvgIpc) is 3.17. The van der Waals surface area contributed by atoms with E-state index in [1.165, 1.54) is 27.8 Å². The third-order valence-electron chi connectivity index (χ3n) is 12.5. The molecule has 0 bridgehead atoms. The molecule has 1 aliphatic carbocycles. The van der Waals surface area contributed by atoms with Crippen molar-refractivity contribution in [2.75, 3.05) is 13.6 Å². The van der Waals surface area contributed by atoms with Crippen LogP contribution in [0.25, 0.3) is 0 Å². The predicted octanol–water partition coefficient (Wildman–Crippen LogP) is 15.3. The van der Waals surface area contributed by atoms with E-state index in [1.807, 2.05) is 13.8 Å². The second-order valence-corrected chi connectivity index (χ2v) is 16.1. The molecule has 0 heterocycles. The summed E-state index contributed by atoms with van der Waals surface area (Å²) in [5.41, 5.74) is 20.1. The van der Waals surface area contributed by atoms with Crippen molar-refractivity contribution >= 4 is 11.9 Å². The van der Waals surface area contributed by atoms with Gasteiger partial charge in [-0.15, -0.1) is 0 Å². The molecule has 0 N–H and O–H groups in total.